The van der Waals surface area contributed by atoms with Crippen LogP contribution < -0.4 is 24.2 Å². The number of benzene rings is 2. The van der Waals surface area contributed by atoms with Gasteiger partial charge in [0, 0.05) is 37.1 Å². The van der Waals surface area contributed by atoms with Gasteiger partial charge in [-0.05, 0) is 48.5 Å². The van der Waals surface area contributed by atoms with Gasteiger partial charge < -0.3 is 19.5 Å². The molecule has 0 saturated heterocycles. The summed E-state index contributed by atoms with van der Waals surface area (Å²) in [6.45, 7) is -0.0611. The van der Waals surface area contributed by atoms with Crippen LogP contribution in [0.3, 0.4) is 0 Å². The Morgan fingerprint density at radius 2 is 1.72 bits per heavy atom. The van der Waals surface area contributed by atoms with Crippen molar-refractivity contribution >= 4 is 21.6 Å². The Labute approximate surface area is 186 Å². The maximum Gasteiger partial charge on any atom is 0.242 e. The van der Waals surface area contributed by atoms with Crippen LogP contribution in [0.5, 0.6) is 23.0 Å². The number of aromatic nitrogens is 1. The molecule has 32 heavy (non-hydrogen) atoms. The third-order valence-electron chi connectivity index (χ3n) is 4.32. The van der Waals surface area contributed by atoms with Crippen LogP contribution in [-0.4, -0.2) is 40.1 Å². The quantitative estimate of drug-likeness (QED) is 0.480. The molecule has 1 aromatic heterocycles. The van der Waals surface area contributed by atoms with Crippen molar-refractivity contribution in [3.8, 4) is 23.0 Å². The number of carbonyl (C=O) groups excluding carboxylic acids is 1. The summed E-state index contributed by atoms with van der Waals surface area (Å²) < 4.78 is 43.1. The topological polar surface area (TPSA) is 116 Å². The molecule has 0 aliphatic carbocycles. The molecule has 1 heterocycles. The summed E-state index contributed by atoms with van der Waals surface area (Å²) in [6.07, 6.45) is 2.66. The zero-order valence-electron chi connectivity index (χ0n) is 17.6. The molecule has 9 nitrogen and oxygen atoms in total. The van der Waals surface area contributed by atoms with Crippen LogP contribution in [0, 0.1) is 0 Å². The third kappa shape index (κ3) is 6.19. The highest BCUT2D eigenvalue weighted by atomic mass is 32.2. The number of anilines is 1. The molecule has 3 rings (SSSR count). The van der Waals surface area contributed by atoms with Crippen molar-refractivity contribution in [1.82, 2.24) is 9.71 Å². The molecule has 168 valence electrons. The van der Waals surface area contributed by atoms with E-state index in [1.165, 1.54) is 31.6 Å². The van der Waals surface area contributed by atoms with E-state index in [1.807, 2.05) is 0 Å². The van der Waals surface area contributed by atoms with Crippen molar-refractivity contribution in [2.45, 2.75) is 11.3 Å². The van der Waals surface area contributed by atoms with Crippen LogP contribution in [0.1, 0.15) is 6.42 Å². The molecule has 0 saturated carbocycles. The number of sulfonamides is 1. The van der Waals surface area contributed by atoms with E-state index >= 15 is 0 Å². The fourth-order valence-corrected chi connectivity index (χ4v) is 3.71. The molecule has 3 aromatic rings. The molecular formula is C22H23N3O6S. The number of hydrogen-bond donors (Lipinski definition) is 2. The number of amides is 1. The molecule has 0 aliphatic rings. The van der Waals surface area contributed by atoms with E-state index in [9.17, 15) is 13.2 Å². The first-order chi connectivity index (χ1) is 15.4. The van der Waals surface area contributed by atoms with Crippen LogP contribution in [0.25, 0.3) is 0 Å². The highest BCUT2D eigenvalue weighted by molar-refractivity contribution is 7.89. The summed E-state index contributed by atoms with van der Waals surface area (Å²) in [5.41, 5.74) is 0.481. The summed E-state index contributed by atoms with van der Waals surface area (Å²) in [6, 6.07) is 14.9. The van der Waals surface area contributed by atoms with Gasteiger partial charge in [0.15, 0.2) is 11.5 Å². The number of nitrogens with one attached hydrogen (secondary N) is 2. The Kier molecular flexibility index (Phi) is 7.63. The van der Waals surface area contributed by atoms with Crippen LogP contribution in [0.4, 0.5) is 5.69 Å². The maximum atomic E-state index is 12.3. The van der Waals surface area contributed by atoms with Crippen LogP contribution >= 0.6 is 0 Å². The van der Waals surface area contributed by atoms with Gasteiger partial charge in [-0.2, -0.15) is 0 Å². The Morgan fingerprint density at radius 3 is 2.38 bits per heavy atom. The lowest BCUT2D eigenvalue weighted by molar-refractivity contribution is -0.116. The van der Waals surface area contributed by atoms with Gasteiger partial charge in [-0.3, -0.25) is 9.78 Å². The molecule has 0 bridgehead atoms. The Hall–Kier alpha value is -3.63. The van der Waals surface area contributed by atoms with Crippen molar-refractivity contribution in [3.63, 3.8) is 0 Å². The van der Waals surface area contributed by atoms with Crippen molar-refractivity contribution in [2.24, 2.45) is 0 Å². The first-order valence-corrected chi connectivity index (χ1v) is 11.1. The number of carbonyl (C=O) groups is 1. The standard InChI is InChI=1S/C22H23N3O6S/c1-29-17-6-8-18(9-7-17)31-21-14-16(5-10-20(21)30-2)25-22(26)11-13-24-32(27,28)19-4-3-12-23-15-19/h3-10,12,14-15,24H,11,13H2,1-2H3,(H,25,26). The molecule has 2 aromatic carbocycles. The second kappa shape index (κ2) is 10.6. The predicted octanol–water partition coefficient (Wildman–Crippen LogP) is 3.20. The SMILES string of the molecule is COc1ccc(Oc2cc(NC(=O)CCNS(=O)(=O)c3cccnc3)ccc2OC)cc1. The average Bonchev–Trinajstić information content (AvgIpc) is 2.80. The average molecular weight is 458 g/mol. The first kappa shape index (κ1) is 23.0. The van der Waals surface area contributed by atoms with E-state index in [0.29, 0.717) is 28.7 Å². The number of nitrogens with zero attached hydrogens (tertiary/aromatic N) is 1. The summed E-state index contributed by atoms with van der Waals surface area (Å²) in [5, 5.41) is 2.72. The summed E-state index contributed by atoms with van der Waals surface area (Å²) in [5.74, 6) is 1.80. The Morgan fingerprint density at radius 1 is 0.969 bits per heavy atom. The second-order valence-electron chi connectivity index (χ2n) is 6.53. The summed E-state index contributed by atoms with van der Waals surface area (Å²) >= 11 is 0. The zero-order valence-corrected chi connectivity index (χ0v) is 18.4. The largest absolute Gasteiger partial charge is 0.497 e. The number of rotatable bonds is 10. The van der Waals surface area contributed by atoms with Gasteiger partial charge in [0.1, 0.15) is 16.4 Å². The van der Waals surface area contributed by atoms with Crippen LogP contribution in [0.15, 0.2) is 71.9 Å². The van der Waals surface area contributed by atoms with Gasteiger partial charge in [0.05, 0.1) is 14.2 Å². The number of methoxy groups -OCH3 is 2. The van der Waals surface area contributed by atoms with Crippen LogP contribution in [-0.2, 0) is 14.8 Å². The van der Waals surface area contributed by atoms with Gasteiger partial charge in [-0.25, -0.2) is 13.1 Å². The fraction of sp³-hybridized carbons (Fsp3) is 0.182. The molecular weight excluding hydrogens is 434 g/mol. The Balaban J connectivity index is 1.60. The van der Waals surface area contributed by atoms with E-state index in [0.717, 1.165) is 0 Å². The van der Waals surface area contributed by atoms with Gasteiger partial charge in [0.25, 0.3) is 0 Å². The van der Waals surface area contributed by atoms with Crippen molar-refractivity contribution in [3.05, 3.63) is 67.0 Å². The number of pyridine rings is 1. The first-order valence-electron chi connectivity index (χ1n) is 9.61. The minimum atomic E-state index is -3.72. The normalized spacial score (nSPS) is 10.9. The van der Waals surface area contributed by atoms with E-state index < -0.39 is 10.0 Å². The van der Waals surface area contributed by atoms with Gasteiger partial charge in [-0.1, -0.05) is 0 Å². The van der Waals surface area contributed by atoms with E-state index in [1.54, 1.807) is 49.6 Å². The van der Waals surface area contributed by atoms with Crippen molar-refractivity contribution in [2.75, 3.05) is 26.1 Å². The van der Waals surface area contributed by atoms with Crippen molar-refractivity contribution < 1.29 is 27.4 Å². The van der Waals surface area contributed by atoms with E-state index in [-0.39, 0.29) is 23.8 Å². The summed E-state index contributed by atoms with van der Waals surface area (Å²) in [7, 11) is -0.627. The highest BCUT2D eigenvalue weighted by Gasteiger charge is 2.15. The number of ether oxygens (including phenoxy) is 3. The van der Waals surface area contributed by atoms with Gasteiger partial charge in [0.2, 0.25) is 15.9 Å². The molecule has 10 heteroatoms. The Bertz CT molecular complexity index is 1150. The minimum absolute atomic E-state index is 0.0379. The molecule has 0 fully saturated rings. The summed E-state index contributed by atoms with van der Waals surface area (Å²) in [4.78, 5) is 16.1. The van der Waals surface area contributed by atoms with E-state index in [2.05, 4.69) is 15.0 Å². The maximum absolute atomic E-state index is 12.3. The number of hydrogen-bond acceptors (Lipinski definition) is 7. The van der Waals surface area contributed by atoms with Crippen molar-refractivity contribution in [1.29, 1.82) is 0 Å². The lowest BCUT2D eigenvalue weighted by Gasteiger charge is -2.13. The molecule has 0 atom stereocenters. The molecule has 0 aliphatic heterocycles. The fourth-order valence-electron chi connectivity index (χ4n) is 2.72. The van der Waals surface area contributed by atoms with Crippen LogP contribution in [0.2, 0.25) is 0 Å². The third-order valence-corrected chi connectivity index (χ3v) is 5.77. The lowest BCUT2D eigenvalue weighted by atomic mass is 10.2. The zero-order chi connectivity index (χ0) is 23.0. The second-order valence-corrected chi connectivity index (χ2v) is 8.29. The van der Waals surface area contributed by atoms with Gasteiger partial charge >= 0.3 is 0 Å². The lowest BCUT2D eigenvalue weighted by Crippen LogP contribution is -2.27. The predicted molar refractivity (Wildman–Crippen MR) is 119 cm³/mol. The minimum Gasteiger partial charge on any atom is -0.497 e. The van der Waals surface area contributed by atoms with Gasteiger partial charge in [-0.15, -0.1) is 0 Å². The molecule has 0 unspecified atom stereocenters. The monoisotopic (exact) mass is 457 g/mol. The smallest absolute Gasteiger partial charge is 0.242 e. The molecule has 0 radical (unpaired) electrons. The highest BCUT2D eigenvalue weighted by Crippen LogP contribution is 2.34. The molecule has 2 N–H and O–H groups in total. The molecule has 1 amide bonds. The van der Waals surface area contributed by atoms with E-state index in [4.69, 9.17) is 14.2 Å². The molecule has 0 spiro atoms.